The summed E-state index contributed by atoms with van der Waals surface area (Å²) in [6.07, 6.45) is 6.26. The van der Waals surface area contributed by atoms with Gasteiger partial charge in [0, 0.05) is 34.9 Å². The van der Waals surface area contributed by atoms with E-state index in [9.17, 15) is 0 Å². The van der Waals surface area contributed by atoms with Gasteiger partial charge in [-0.1, -0.05) is 17.7 Å². The van der Waals surface area contributed by atoms with E-state index in [1.165, 1.54) is 5.56 Å². The van der Waals surface area contributed by atoms with Crippen LogP contribution in [0.4, 0.5) is 0 Å². The van der Waals surface area contributed by atoms with Crippen LogP contribution < -0.4 is 10.7 Å². The first-order valence-corrected chi connectivity index (χ1v) is 8.65. The lowest BCUT2D eigenvalue weighted by Crippen LogP contribution is -2.33. The fourth-order valence-electron chi connectivity index (χ4n) is 2.42. The lowest BCUT2D eigenvalue weighted by Gasteiger charge is -2.06. The molecule has 0 amide bonds. The molecular formula is C18H18ClN5S. The molecule has 0 aliphatic heterocycles. The standard InChI is InChI=1S/C18H18ClN5S/c1-12-2-4-15(21-9-12)11-23-24-18(25)20-7-6-13-10-22-17-5-3-14(19)8-16(13)17/h2-5,8-11,22H,6-7H2,1H3,(H2,20,24,25)/b23-11+. The summed E-state index contributed by atoms with van der Waals surface area (Å²) in [5, 5.41) is 9.56. The van der Waals surface area contributed by atoms with E-state index in [0.717, 1.165) is 33.6 Å². The molecule has 0 fully saturated rings. The van der Waals surface area contributed by atoms with Gasteiger partial charge in [0.1, 0.15) is 0 Å². The number of hydrazone groups is 1. The third kappa shape index (κ3) is 4.78. The van der Waals surface area contributed by atoms with Crippen LogP contribution in [0.3, 0.4) is 0 Å². The van der Waals surface area contributed by atoms with Gasteiger partial charge in [-0.05, 0) is 61.0 Å². The average molecular weight is 372 g/mol. The van der Waals surface area contributed by atoms with E-state index in [0.29, 0.717) is 11.7 Å². The zero-order valence-corrected chi connectivity index (χ0v) is 15.3. The number of halogens is 1. The molecule has 3 rings (SSSR count). The van der Waals surface area contributed by atoms with E-state index >= 15 is 0 Å². The number of thiocarbonyl (C=S) groups is 1. The maximum absolute atomic E-state index is 6.07. The molecule has 3 N–H and O–H groups in total. The number of nitrogens with one attached hydrogen (secondary N) is 3. The SMILES string of the molecule is Cc1ccc(/C=N/NC(=S)NCCc2c[nH]c3ccc(Cl)cc23)nc1. The van der Waals surface area contributed by atoms with Crippen molar-refractivity contribution in [3.8, 4) is 0 Å². The molecule has 2 aromatic heterocycles. The lowest BCUT2D eigenvalue weighted by atomic mass is 10.1. The van der Waals surface area contributed by atoms with E-state index in [-0.39, 0.29) is 0 Å². The zero-order valence-electron chi connectivity index (χ0n) is 13.7. The van der Waals surface area contributed by atoms with Gasteiger partial charge in [0.25, 0.3) is 0 Å². The molecule has 5 nitrogen and oxygen atoms in total. The molecule has 2 heterocycles. The quantitative estimate of drug-likeness (QED) is 0.364. The van der Waals surface area contributed by atoms with Crippen LogP contribution in [0, 0.1) is 6.92 Å². The second-order valence-electron chi connectivity index (χ2n) is 5.64. The summed E-state index contributed by atoms with van der Waals surface area (Å²) >= 11 is 11.3. The first-order chi connectivity index (χ1) is 12.1. The summed E-state index contributed by atoms with van der Waals surface area (Å²) < 4.78 is 0. The highest BCUT2D eigenvalue weighted by Gasteiger charge is 2.04. The molecule has 3 aromatic rings. The Kier molecular flexibility index (Phi) is 5.63. The molecule has 0 spiro atoms. The van der Waals surface area contributed by atoms with Gasteiger partial charge >= 0.3 is 0 Å². The van der Waals surface area contributed by atoms with Crippen molar-refractivity contribution < 1.29 is 0 Å². The van der Waals surface area contributed by atoms with Gasteiger partial charge in [-0.3, -0.25) is 10.4 Å². The summed E-state index contributed by atoms with van der Waals surface area (Å²) in [5.74, 6) is 0. The summed E-state index contributed by atoms with van der Waals surface area (Å²) in [6.45, 7) is 2.69. The molecule has 0 aliphatic carbocycles. The third-order valence-corrected chi connectivity index (χ3v) is 4.18. The van der Waals surface area contributed by atoms with Crippen molar-refractivity contribution in [3.05, 3.63) is 64.6 Å². The Morgan fingerprint density at radius 3 is 3.04 bits per heavy atom. The smallest absolute Gasteiger partial charge is 0.186 e. The molecule has 128 valence electrons. The molecule has 1 aromatic carbocycles. The predicted octanol–water partition coefficient (Wildman–Crippen LogP) is 3.57. The first-order valence-electron chi connectivity index (χ1n) is 7.87. The molecule has 0 atom stereocenters. The number of pyridine rings is 1. The molecule has 0 aliphatic rings. The van der Waals surface area contributed by atoms with Crippen LogP contribution >= 0.6 is 23.8 Å². The van der Waals surface area contributed by atoms with E-state index in [4.69, 9.17) is 23.8 Å². The average Bonchev–Trinajstić information content (AvgIpc) is 2.99. The largest absolute Gasteiger partial charge is 0.361 e. The molecule has 0 bridgehead atoms. The van der Waals surface area contributed by atoms with Crippen LogP contribution in [0.25, 0.3) is 10.9 Å². The number of aromatic nitrogens is 2. The maximum atomic E-state index is 6.07. The summed E-state index contributed by atoms with van der Waals surface area (Å²) in [4.78, 5) is 7.48. The molecular weight excluding hydrogens is 354 g/mol. The fourth-order valence-corrected chi connectivity index (χ4v) is 2.75. The Labute approximate surface area is 156 Å². The molecule has 0 saturated carbocycles. The Morgan fingerprint density at radius 1 is 1.36 bits per heavy atom. The molecule has 25 heavy (non-hydrogen) atoms. The minimum Gasteiger partial charge on any atom is -0.361 e. The van der Waals surface area contributed by atoms with Crippen molar-refractivity contribution >= 4 is 46.0 Å². The number of hydrogen-bond acceptors (Lipinski definition) is 3. The van der Waals surface area contributed by atoms with Gasteiger partial charge in [-0.25, -0.2) is 0 Å². The number of H-pyrrole nitrogens is 1. The maximum Gasteiger partial charge on any atom is 0.186 e. The monoisotopic (exact) mass is 371 g/mol. The van der Waals surface area contributed by atoms with E-state index in [1.54, 1.807) is 12.4 Å². The number of hydrogen-bond donors (Lipinski definition) is 3. The summed E-state index contributed by atoms with van der Waals surface area (Å²) in [6, 6.07) is 9.71. The van der Waals surface area contributed by atoms with Crippen LogP contribution in [0.1, 0.15) is 16.8 Å². The topological polar surface area (TPSA) is 65.1 Å². The van der Waals surface area contributed by atoms with Crippen molar-refractivity contribution in [2.45, 2.75) is 13.3 Å². The Bertz CT molecular complexity index is 901. The van der Waals surface area contributed by atoms with Gasteiger partial charge in [0.05, 0.1) is 11.9 Å². The number of aryl methyl sites for hydroxylation is 1. The summed E-state index contributed by atoms with van der Waals surface area (Å²) in [5.41, 5.74) is 6.95. The number of aromatic amines is 1. The van der Waals surface area contributed by atoms with E-state index in [1.807, 2.05) is 43.5 Å². The molecule has 0 unspecified atom stereocenters. The third-order valence-electron chi connectivity index (χ3n) is 3.71. The Hall–Kier alpha value is -2.44. The van der Waals surface area contributed by atoms with Crippen LogP contribution in [0.5, 0.6) is 0 Å². The van der Waals surface area contributed by atoms with Crippen molar-refractivity contribution in [1.82, 2.24) is 20.7 Å². The number of rotatable bonds is 5. The van der Waals surface area contributed by atoms with Crippen LogP contribution in [-0.2, 0) is 6.42 Å². The predicted molar refractivity (Wildman–Crippen MR) is 107 cm³/mol. The molecule has 0 saturated heterocycles. The van der Waals surface area contributed by atoms with Crippen molar-refractivity contribution in [1.29, 1.82) is 0 Å². The van der Waals surface area contributed by atoms with Crippen LogP contribution in [0.2, 0.25) is 5.02 Å². The Balaban J connectivity index is 1.47. The van der Waals surface area contributed by atoms with Crippen molar-refractivity contribution in [2.75, 3.05) is 6.54 Å². The van der Waals surface area contributed by atoms with Gasteiger partial charge in [0.15, 0.2) is 5.11 Å². The van der Waals surface area contributed by atoms with E-state index in [2.05, 4.69) is 25.8 Å². The normalized spacial score (nSPS) is 11.1. The first kappa shape index (κ1) is 17.4. The van der Waals surface area contributed by atoms with Crippen molar-refractivity contribution in [2.24, 2.45) is 5.10 Å². The van der Waals surface area contributed by atoms with Gasteiger partial charge in [-0.15, -0.1) is 0 Å². The van der Waals surface area contributed by atoms with Crippen LogP contribution in [-0.4, -0.2) is 27.8 Å². The van der Waals surface area contributed by atoms with Gasteiger partial charge in [-0.2, -0.15) is 5.10 Å². The lowest BCUT2D eigenvalue weighted by molar-refractivity contribution is 0.841. The van der Waals surface area contributed by atoms with Gasteiger partial charge in [0.2, 0.25) is 0 Å². The second kappa shape index (κ2) is 8.09. The zero-order chi connectivity index (χ0) is 17.6. The second-order valence-corrected chi connectivity index (χ2v) is 6.48. The highest BCUT2D eigenvalue weighted by atomic mass is 35.5. The Morgan fingerprint density at radius 2 is 2.24 bits per heavy atom. The number of nitrogens with zero attached hydrogens (tertiary/aromatic N) is 2. The van der Waals surface area contributed by atoms with Crippen LogP contribution in [0.15, 0.2) is 47.8 Å². The fraction of sp³-hybridized carbons (Fsp3) is 0.167. The number of benzene rings is 1. The highest BCUT2D eigenvalue weighted by molar-refractivity contribution is 7.80. The number of fused-ring (bicyclic) bond motifs is 1. The van der Waals surface area contributed by atoms with Crippen molar-refractivity contribution in [3.63, 3.8) is 0 Å². The van der Waals surface area contributed by atoms with E-state index < -0.39 is 0 Å². The van der Waals surface area contributed by atoms with Gasteiger partial charge < -0.3 is 10.3 Å². The summed E-state index contributed by atoms with van der Waals surface area (Å²) in [7, 11) is 0. The minimum absolute atomic E-state index is 0.473. The molecule has 7 heteroatoms. The highest BCUT2D eigenvalue weighted by Crippen LogP contribution is 2.22. The minimum atomic E-state index is 0.473. The molecule has 0 radical (unpaired) electrons.